The van der Waals surface area contributed by atoms with Crippen LogP contribution in [0, 0.1) is 0 Å². The molecule has 0 radical (unpaired) electrons. The van der Waals surface area contributed by atoms with Gasteiger partial charge in [-0.1, -0.05) is 28.1 Å². The highest BCUT2D eigenvalue weighted by atomic mass is 79.9. The zero-order valence-corrected chi connectivity index (χ0v) is 16.0. The van der Waals surface area contributed by atoms with Crippen molar-refractivity contribution >= 4 is 34.2 Å². The highest BCUT2D eigenvalue weighted by Gasteiger charge is 2.30. The lowest BCUT2D eigenvalue weighted by atomic mass is 10.0. The normalized spacial score (nSPS) is 19.9. The fraction of sp³-hybridized carbons (Fsp3) is 0.412. The minimum Gasteiger partial charge on any atom is -0.370 e. The largest absolute Gasteiger partial charge is 0.370 e. The molecular weight excluding hydrogens is 408 g/mol. The molecule has 1 saturated heterocycles. The Balaban J connectivity index is 0.00000182. The van der Waals surface area contributed by atoms with E-state index in [1.165, 1.54) is 0 Å². The maximum absolute atomic E-state index is 12.9. The van der Waals surface area contributed by atoms with Gasteiger partial charge in [0.05, 0.1) is 13.2 Å². The molecule has 0 bridgehead atoms. The monoisotopic (exact) mass is 426 g/mol. The summed E-state index contributed by atoms with van der Waals surface area (Å²) < 4.78 is 6.89. The first-order valence-electron chi connectivity index (χ1n) is 8.15. The molecule has 0 saturated carbocycles. The number of halogens is 2. The molecule has 1 aromatic carbocycles. The molecule has 0 aliphatic carbocycles. The molecule has 1 unspecified atom stereocenters. The van der Waals surface area contributed by atoms with Crippen LogP contribution in [-0.4, -0.2) is 47.2 Å². The lowest BCUT2D eigenvalue weighted by molar-refractivity contribution is -0.0230. The van der Waals surface area contributed by atoms with Gasteiger partial charge in [-0.15, -0.1) is 12.4 Å². The summed E-state index contributed by atoms with van der Waals surface area (Å²) >= 11 is 3.49. The van der Waals surface area contributed by atoms with Crippen molar-refractivity contribution in [3.05, 3.63) is 51.3 Å². The zero-order chi connectivity index (χ0) is 16.5. The highest BCUT2D eigenvalue weighted by Crippen LogP contribution is 2.26. The van der Waals surface area contributed by atoms with E-state index in [1.807, 2.05) is 29.2 Å². The highest BCUT2D eigenvalue weighted by molar-refractivity contribution is 9.10. The van der Waals surface area contributed by atoms with E-state index < -0.39 is 0 Å². The van der Waals surface area contributed by atoms with Gasteiger partial charge in [-0.05, 0) is 17.7 Å². The number of hydrogen-bond acceptors (Lipinski definition) is 4. The van der Waals surface area contributed by atoms with E-state index in [0.29, 0.717) is 31.9 Å². The van der Waals surface area contributed by atoms with Crippen LogP contribution in [0.4, 0.5) is 0 Å². The molecule has 1 aromatic heterocycles. The van der Waals surface area contributed by atoms with Gasteiger partial charge in [-0.2, -0.15) is 5.10 Å². The summed E-state index contributed by atoms with van der Waals surface area (Å²) in [5.74, 6) is -0.0144. The maximum Gasteiger partial charge on any atom is 0.274 e. The van der Waals surface area contributed by atoms with Crippen LogP contribution < -0.4 is 5.32 Å². The van der Waals surface area contributed by atoms with Gasteiger partial charge in [-0.25, -0.2) is 0 Å². The zero-order valence-electron chi connectivity index (χ0n) is 13.6. The predicted octanol–water partition coefficient (Wildman–Crippen LogP) is 2.45. The second-order valence-electron chi connectivity index (χ2n) is 6.12. The number of fused-ring (bicyclic) bond motifs is 1. The number of aromatic amines is 1. The molecule has 2 aliphatic rings. The quantitative estimate of drug-likeness (QED) is 0.772. The minimum absolute atomic E-state index is 0. The Morgan fingerprint density at radius 2 is 2.28 bits per heavy atom. The standard InChI is InChI=1S/C17H19BrN4O2.ClH/c18-12-3-1-2-11(8-12)15-10-22(6-7-24-15)17(23)16-13-9-19-5-4-14(13)20-21-16;/h1-3,8,15,19H,4-7,9-10H2,(H,20,21);1H. The molecule has 2 N–H and O–H groups in total. The number of H-pyrrole nitrogens is 1. The van der Waals surface area contributed by atoms with Crippen molar-refractivity contribution in [3.8, 4) is 0 Å². The van der Waals surface area contributed by atoms with E-state index in [1.54, 1.807) is 0 Å². The summed E-state index contributed by atoms with van der Waals surface area (Å²) in [5.41, 5.74) is 3.71. The van der Waals surface area contributed by atoms with E-state index >= 15 is 0 Å². The van der Waals surface area contributed by atoms with Crippen LogP contribution >= 0.6 is 28.3 Å². The third-order valence-corrected chi connectivity index (χ3v) is 5.08. The second-order valence-corrected chi connectivity index (χ2v) is 7.04. The number of hydrogen-bond donors (Lipinski definition) is 2. The van der Waals surface area contributed by atoms with Gasteiger partial charge in [-0.3, -0.25) is 9.89 Å². The van der Waals surface area contributed by atoms with Gasteiger partial charge in [0.1, 0.15) is 6.10 Å². The number of nitrogens with zero attached hydrogens (tertiary/aromatic N) is 2. The average molecular weight is 428 g/mol. The summed E-state index contributed by atoms with van der Waals surface area (Å²) in [4.78, 5) is 14.8. The summed E-state index contributed by atoms with van der Waals surface area (Å²) in [6, 6.07) is 8.04. The third-order valence-electron chi connectivity index (χ3n) is 4.58. The molecule has 1 fully saturated rings. The first kappa shape index (κ1) is 18.4. The van der Waals surface area contributed by atoms with Crippen molar-refractivity contribution in [2.75, 3.05) is 26.2 Å². The van der Waals surface area contributed by atoms with Gasteiger partial charge in [0.25, 0.3) is 5.91 Å². The fourth-order valence-electron chi connectivity index (χ4n) is 3.29. The molecule has 0 spiro atoms. The smallest absolute Gasteiger partial charge is 0.274 e. The summed E-state index contributed by atoms with van der Waals surface area (Å²) in [6.45, 7) is 3.30. The van der Waals surface area contributed by atoms with Crippen LogP contribution in [0.25, 0.3) is 0 Å². The molecule has 6 nitrogen and oxygen atoms in total. The van der Waals surface area contributed by atoms with Gasteiger partial charge in [0.2, 0.25) is 0 Å². The van der Waals surface area contributed by atoms with Crippen LogP contribution in [0.2, 0.25) is 0 Å². The van der Waals surface area contributed by atoms with E-state index in [4.69, 9.17) is 4.74 Å². The van der Waals surface area contributed by atoms with Gasteiger partial charge in [0.15, 0.2) is 5.69 Å². The molecule has 25 heavy (non-hydrogen) atoms. The lowest BCUT2D eigenvalue weighted by Gasteiger charge is -2.33. The number of morpholine rings is 1. The number of ether oxygens (including phenoxy) is 1. The van der Waals surface area contributed by atoms with E-state index in [9.17, 15) is 4.79 Å². The van der Waals surface area contributed by atoms with Crippen molar-refractivity contribution in [1.82, 2.24) is 20.4 Å². The molecule has 4 rings (SSSR count). The molecule has 134 valence electrons. The third kappa shape index (κ3) is 3.74. The number of carbonyl (C=O) groups is 1. The minimum atomic E-state index is -0.104. The molecule has 8 heteroatoms. The van der Waals surface area contributed by atoms with Crippen molar-refractivity contribution in [3.63, 3.8) is 0 Å². The van der Waals surface area contributed by atoms with E-state index in [-0.39, 0.29) is 24.4 Å². The van der Waals surface area contributed by atoms with Crippen LogP contribution in [0.1, 0.15) is 33.4 Å². The van der Waals surface area contributed by atoms with Crippen LogP contribution in [-0.2, 0) is 17.7 Å². The molecule has 3 heterocycles. The average Bonchev–Trinajstić information content (AvgIpc) is 3.05. The first-order valence-corrected chi connectivity index (χ1v) is 8.95. The molecule has 2 aliphatic heterocycles. The first-order chi connectivity index (χ1) is 11.7. The molecule has 2 aromatic rings. The van der Waals surface area contributed by atoms with Crippen LogP contribution in [0.5, 0.6) is 0 Å². The molecule has 1 atom stereocenters. The van der Waals surface area contributed by atoms with Gasteiger partial charge in [0, 0.05) is 41.8 Å². The summed E-state index contributed by atoms with van der Waals surface area (Å²) in [7, 11) is 0. The van der Waals surface area contributed by atoms with E-state index in [2.05, 4.69) is 31.4 Å². The summed E-state index contributed by atoms with van der Waals surface area (Å²) in [5, 5.41) is 10.6. The number of aromatic nitrogens is 2. The Labute approximate surface area is 160 Å². The topological polar surface area (TPSA) is 70.2 Å². The van der Waals surface area contributed by atoms with Gasteiger partial charge < -0.3 is 15.0 Å². The van der Waals surface area contributed by atoms with E-state index in [0.717, 1.165) is 34.3 Å². The molecular formula is C17H20BrClN4O2. The molecule has 1 amide bonds. The number of carbonyl (C=O) groups excluding carboxylic acids is 1. The fourth-order valence-corrected chi connectivity index (χ4v) is 3.71. The number of nitrogens with one attached hydrogen (secondary N) is 2. The Morgan fingerprint density at radius 3 is 3.12 bits per heavy atom. The second kappa shape index (κ2) is 7.86. The number of amides is 1. The maximum atomic E-state index is 12.9. The Morgan fingerprint density at radius 1 is 1.40 bits per heavy atom. The number of benzene rings is 1. The predicted molar refractivity (Wildman–Crippen MR) is 100.0 cm³/mol. The summed E-state index contributed by atoms with van der Waals surface area (Å²) in [6.07, 6.45) is 0.785. The Kier molecular flexibility index (Phi) is 5.78. The van der Waals surface area contributed by atoms with Crippen LogP contribution in [0.3, 0.4) is 0 Å². The van der Waals surface area contributed by atoms with Gasteiger partial charge >= 0.3 is 0 Å². The lowest BCUT2D eigenvalue weighted by Crippen LogP contribution is -2.43. The van der Waals surface area contributed by atoms with Crippen molar-refractivity contribution < 1.29 is 9.53 Å². The Hall–Kier alpha value is -1.41. The van der Waals surface area contributed by atoms with Crippen molar-refractivity contribution in [2.24, 2.45) is 0 Å². The van der Waals surface area contributed by atoms with Crippen LogP contribution in [0.15, 0.2) is 28.7 Å². The SMILES string of the molecule is Cl.O=C(c1n[nH]c2c1CNCC2)N1CCOC(c2cccc(Br)c2)C1. The number of rotatable bonds is 2. The Bertz CT molecular complexity index is 767. The van der Waals surface area contributed by atoms with Crippen molar-refractivity contribution in [1.29, 1.82) is 0 Å². The van der Waals surface area contributed by atoms with Crippen molar-refractivity contribution in [2.45, 2.75) is 19.1 Å².